The molecule has 0 aromatic rings. The fourth-order valence-electron chi connectivity index (χ4n) is 0. The first-order valence-corrected chi connectivity index (χ1v) is 12.5. The summed E-state index contributed by atoms with van der Waals surface area (Å²) in [5.41, 5.74) is 0. The highest BCUT2D eigenvalue weighted by atomic mass is 32.5. The van der Waals surface area contributed by atoms with Crippen molar-refractivity contribution in [2.45, 2.75) is 81.1 Å². The van der Waals surface area contributed by atoms with Crippen LogP contribution in [0.5, 0.6) is 0 Å². The van der Waals surface area contributed by atoms with Gasteiger partial charge < -0.3 is 29.4 Å². The van der Waals surface area contributed by atoms with Gasteiger partial charge in [0.1, 0.15) is 0 Å². The van der Waals surface area contributed by atoms with E-state index in [2.05, 4.69) is 79.0 Å². The zero-order chi connectivity index (χ0) is 19.8. The van der Waals surface area contributed by atoms with Crippen molar-refractivity contribution >= 4 is 37.1 Å². The Kier molecular flexibility index (Phi) is 58.9. The monoisotopic (exact) mass is 404 g/mol. The minimum atomic E-state index is -3.81. The van der Waals surface area contributed by atoms with Gasteiger partial charge in [0.2, 0.25) is 0 Å². The highest BCUT2D eigenvalue weighted by molar-refractivity contribution is 8.06. The molecule has 0 bridgehead atoms. The molecule has 0 fully saturated rings. The maximum atomic E-state index is 7.56. The van der Waals surface area contributed by atoms with Crippen LogP contribution in [0, 0.1) is 0 Å². The molecule has 0 aliphatic rings. The summed E-state index contributed by atoms with van der Waals surface area (Å²) in [5.74, 6) is 0. The lowest BCUT2D eigenvalue weighted by Crippen LogP contribution is -1.65. The summed E-state index contributed by atoms with van der Waals surface area (Å²) < 4.78 is 0. The lowest BCUT2D eigenvalue weighted by Gasteiger charge is -1.88. The molecular formula is C12H38O6P2S2. The Hall–Kier alpha value is 1.06. The second kappa shape index (κ2) is 33.6. The van der Waals surface area contributed by atoms with Crippen molar-refractivity contribution in [3.63, 3.8) is 0 Å². The van der Waals surface area contributed by atoms with Gasteiger partial charge in [-0.15, -0.1) is 0 Å². The van der Waals surface area contributed by atoms with Gasteiger partial charge in [-0.3, -0.25) is 0 Å². The van der Waals surface area contributed by atoms with Crippen molar-refractivity contribution in [1.29, 1.82) is 0 Å². The van der Waals surface area contributed by atoms with Crippen LogP contribution in [-0.4, -0.2) is 29.4 Å². The van der Waals surface area contributed by atoms with Gasteiger partial charge in [-0.05, 0) is 23.6 Å². The summed E-state index contributed by atoms with van der Waals surface area (Å²) in [6.07, 6.45) is 5.00. The van der Waals surface area contributed by atoms with E-state index in [9.17, 15) is 0 Å². The minimum absolute atomic E-state index is 1.25. The molecule has 6 N–H and O–H groups in total. The van der Waals surface area contributed by atoms with Crippen LogP contribution >= 0.6 is 13.4 Å². The summed E-state index contributed by atoms with van der Waals surface area (Å²) in [5, 5.41) is 0. The largest absolute Gasteiger partial charge is 0.325 e. The molecule has 0 unspecified atom stereocenters. The summed E-state index contributed by atoms with van der Waals surface area (Å²) >= 11 is 7.21. The van der Waals surface area contributed by atoms with E-state index < -0.39 is 13.4 Å². The molecule has 0 saturated carbocycles. The molecule has 0 aromatic carbocycles. The van der Waals surface area contributed by atoms with Gasteiger partial charge in [0.15, 0.2) is 0 Å². The van der Waals surface area contributed by atoms with Crippen molar-refractivity contribution in [3.05, 3.63) is 0 Å². The molecular weight excluding hydrogens is 366 g/mol. The van der Waals surface area contributed by atoms with Crippen LogP contribution in [0.4, 0.5) is 0 Å². The third kappa shape index (κ3) is 7540. The highest BCUT2D eigenvalue weighted by Crippen LogP contribution is 2.26. The van der Waals surface area contributed by atoms with Gasteiger partial charge >= 0.3 is 13.4 Å². The van der Waals surface area contributed by atoms with Crippen LogP contribution in [-0.2, 0) is 23.6 Å². The van der Waals surface area contributed by atoms with E-state index in [0.717, 1.165) is 0 Å². The normalized spacial score (nSPS) is 8.64. The van der Waals surface area contributed by atoms with E-state index in [-0.39, 0.29) is 0 Å². The maximum absolute atomic E-state index is 7.56. The Balaban J connectivity index is -0.0000000357. The SMILES string of the molecule is CCC.CCC.CCC.CCC.OP(O)(O)=S.OP(O)(O)=S. The van der Waals surface area contributed by atoms with E-state index in [1.807, 2.05) is 0 Å². The van der Waals surface area contributed by atoms with Crippen molar-refractivity contribution in [3.8, 4) is 0 Å². The van der Waals surface area contributed by atoms with E-state index >= 15 is 0 Å². The summed E-state index contributed by atoms with van der Waals surface area (Å²) in [7, 11) is 0. The predicted molar refractivity (Wildman–Crippen MR) is 106 cm³/mol. The molecule has 22 heavy (non-hydrogen) atoms. The Morgan fingerprint density at radius 2 is 0.455 bits per heavy atom. The number of hydrogen-bond donors (Lipinski definition) is 6. The quantitative estimate of drug-likeness (QED) is 0.335. The Labute approximate surface area is 147 Å². The second-order valence-electron chi connectivity index (χ2n) is 3.85. The lowest BCUT2D eigenvalue weighted by atomic mass is 10.6. The fourth-order valence-corrected chi connectivity index (χ4v) is 0. The van der Waals surface area contributed by atoms with Crippen LogP contribution in [0.1, 0.15) is 81.1 Å². The maximum Gasteiger partial charge on any atom is 0.319 e. The van der Waals surface area contributed by atoms with Gasteiger partial charge in [-0.2, -0.15) is 0 Å². The van der Waals surface area contributed by atoms with Gasteiger partial charge in [0.05, 0.1) is 0 Å². The van der Waals surface area contributed by atoms with Crippen LogP contribution in [0.25, 0.3) is 0 Å². The molecule has 0 aromatic heterocycles. The standard InChI is InChI=1S/4C3H8.2H3O3PS/c4*1-3-2;2*1-4(2,3)5/h4*3H2,1-2H3;2*(H3,1,2,3,5). The first-order chi connectivity index (χ1) is 9.66. The average molecular weight is 405 g/mol. The summed E-state index contributed by atoms with van der Waals surface area (Å²) in [4.78, 5) is 45.3. The van der Waals surface area contributed by atoms with E-state index in [4.69, 9.17) is 29.4 Å². The molecule has 0 saturated heterocycles. The lowest BCUT2D eigenvalue weighted by molar-refractivity contribution is 0.361. The van der Waals surface area contributed by atoms with E-state index in [1.165, 1.54) is 25.7 Å². The smallest absolute Gasteiger partial charge is 0.319 e. The van der Waals surface area contributed by atoms with Crippen molar-refractivity contribution in [1.82, 2.24) is 0 Å². The highest BCUT2D eigenvalue weighted by Gasteiger charge is 1.92. The van der Waals surface area contributed by atoms with Gasteiger partial charge in [-0.25, -0.2) is 0 Å². The Bertz CT molecular complexity index is 187. The average Bonchev–Trinajstić information content (AvgIpc) is 2.15. The van der Waals surface area contributed by atoms with Crippen molar-refractivity contribution in [2.75, 3.05) is 0 Å². The van der Waals surface area contributed by atoms with Crippen molar-refractivity contribution in [2.24, 2.45) is 0 Å². The Morgan fingerprint density at radius 1 is 0.455 bits per heavy atom. The molecule has 0 aliphatic carbocycles. The van der Waals surface area contributed by atoms with E-state index in [0.29, 0.717) is 0 Å². The zero-order valence-electron chi connectivity index (χ0n) is 15.2. The van der Waals surface area contributed by atoms with Crippen LogP contribution in [0.15, 0.2) is 0 Å². The minimum Gasteiger partial charge on any atom is -0.325 e. The number of rotatable bonds is 0. The molecule has 0 spiro atoms. The van der Waals surface area contributed by atoms with Gasteiger partial charge in [0.25, 0.3) is 0 Å². The first-order valence-electron chi connectivity index (χ1n) is 7.22. The van der Waals surface area contributed by atoms with E-state index in [1.54, 1.807) is 0 Å². The summed E-state index contributed by atoms with van der Waals surface area (Å²) in [6.45, 7) is 9.39. The Morgan fingerprint density at radius 3 is 0.455 bits per heavy atom. The molecule has 0 heterocycles. The molecule has 0 rings (SSSR count). The molecule has 10 heteroatoms. The first kappa shape index (κ1) is 38.6. The third-order valence-corrected chi connectivity index (χ3v) is 0. The molecule has 0 radical (unpaired) electrons. The van der Waals surface area contributed by atoms with Crippen LogP contribution in [0.2, 0.25) is 0 Å². The molecule has 0 amide bonds. The second-order valence-corrected chi connectivity index (χ2v) is 8.85. The van der Waals surface area contributed by atoms with Gasteiger partial charge in [-0.1, -0.05) is 81.1 Å². The molecule has 6 nitrogen and oxygen atoms in total. The predicted octanol–water partition coefficient (Wildman–Crippen LogP) is 4.04. The zero-order valence-corrected chi connectivity index (χ0v) is 18.6. The van der Waals surface area contributed by atoms with Crippen LogP contribution in [0.3, 0.4) is 0 Å². The van der Waals surface area contributed by atoms with Crippen molar-refractivity contribution < 1.29 is 29.4 Å². The topological polar surface area (TPSA) is 121 Å². The molecule has 0 aliphatic heterocycles. The van der Waals surface area contributed by atoms with Crippen LogP contribution < -0.4 is 0 Å². The molecule has 144 valence electrons. The fraction of sp³-hybridized carbons (Fsp3) is 1.00. The molecule has 0 atom stereocenters. The van der Waals surface area contributed by atoms with Gasteiger partial charge in [0, 0.05) is 0 Å². The number of hydrogen-bond acceptors (Lipinski definition) is 2. The summed E-state index contributed by atoms with van der Waals surface area (Å²) in [6, 6.07) is 0. The third-order valence-electron chi connectivity index (χ3n) is 0.